The average Bonchev–Trinajstić information content (AvgIpc) is 2.01. The molecule has 0 saturated heterocycles. The van der Waals surface area contributed by atoms with Crippen LogP contribution in [0, 0.1) is 3.57 Å². The van der Waals surface area contributed by atoms with Crippen molar-refractivity contribution in [2.45, 2.75) is 12.8 Å². The summed E-state index contributed by atoms with van der Waals surface area (Å²) in [4.78, 5) is 0. The lowest BCUT2D eigenvalue weighted by molar-refractivity contribution is 0.928. The Morgan fingerprint density at radius 2 is 2.18 bits per heavy atom. The van der Waals surface area contributed by atoms with Crippen LogP contribution in [-0.2, 0) is 6.42 Å². The van der Waals surface area contributed by atoms with Crippen molar-refractivity contribution in [3.63, 3.8) is 0 Å². The molecule has 0 atom stereocenters. The molecule has 0 radical (unpaired) electrons. The monoisotopic (exact) mass is 280 g/mol. The first-order chi connectivity index (χ1) is 5.33. The van der Waals surface area contributed by atoms with Crippen molar-refractivity contribution < 1.29 is 0 Å². The van der Waals surface area contributed by atoms with Crippen LogP contribution in [0.1, 0.15) is 12.0 Å². The van der Waals surface area contributed by atoms with E-state index in [0.29, 0.717) is 0 Å². The summed E-state index contributed by atoms with van der Waals surface area (Å²) in [5.74, 6) is 0.755. The van der Waals surface area contributed by atoms with Crippen LogP contribution >= 0.6 is 34.2 Å². The Morgan fingerprint density at radius 3 is 2.82 bits per heavy atom. The molecule has 0 aliphatic rings. The van der Waals surface area contributed by atoms with Crippen molar-refractivity contribution in [3.8, 4) is 0 Å². The van der Waals surface area contributed by atoms with E-state index in [0.717, 1.165) is 18.7 Å². The van der Waals surface area contributed by atoms with E-state index < -0.39 is 0 Å². The normalized spacial score (nSPS) is 10.0. The van der Waals surface area contributed by atoms with E-state index in [2.05, 4.69) is 46.9 Å². The highest BCUT2D eigenvalue weighted by molar-refractivity contribution is 14.1. The van der Waals surface area contributed by atoms with Crippen molar-refractivity contribution in [2.24, 2.45) is 0 Å². The van der Waals surface area contributed by atoms with Crippen molar-refractivity contribution in [3.05, 3.63) is 33.4 Å². The SMILES string of the molecule is ClCCCc1cccc(I)c1. The van der Waals surface area contributed by atoms with Gasteiger partial charge in [0.1, 0.15) is 0 Å². The molecule has 0 amide bonds. The smallest absolute Gasteiger partial charge is 0.0226 e. The molecule has 2 heteroatoms. The van der Waals surface area contributed by atoms with Crippen molar-refractivity contribution >= 4 is 34.2 Å². The lowest BCUT2D eigenvalue weighted by atomic mass is 10.1. The van der Waals surface area contributed by atoms with Crippen LogP contribution in [0.25, 0.3) is 0 Å². The highest BCUT2D eigenvalue weighted by Crippen LogP contribution is 2.09. The first kappa shape index (κ1) is 9.33. The van der Waals surface area contributed by atoms with Gasteiger partial charge in [-0.3, -0.25) is 0 Å². The molecule has 0 saturated carbocycles. The Morgan fingerprint density at radius 1 is 1.36 bits per heavy atom. The molecule has 1 rings (SSSR count). The molecule has 0 aliphatic carbocycles. The lowest BCUT2D eigenvalue weighted by Crippen LogP contribution is -1.86. The molecular formula is C9H10ClI. The average molecular weight is 281 g/mol. The molecule has 0 spiro atoms. The van der Waals surface area contributed by atoms with E-state index in [1.54, 1.807) is 0 Å². The van der Waals surface area contributed by atoms with Gasteiger partial charge in [-0.25, -0.2) is 0 Å². The maximum absolute atomic E-state index is 5.59. The Kier molecular flexibility index (Phi) is 4.23. The van der Waals surface area contributed by atoms with E-state index in [1.165, 1.54) is 9.13 Å². The minimum atomic E-state index is 0.755. The molecule has 0 aliphatic heterocycles. The van der Waals surface area contributed by atoms with Gasteiger partial charge in [0.05, 0.1) is 0 Å². The van der Waals surface area contributed by atoms with Crippen LogP contribution in [0.4, 0.5) is 0 Å². The lowest BCUT2D eigenvalue weighted by Gasteiger charge is -1.98. The van der Waals surface area contributed by atoms with Crippen LogP contribution in [0.2, 0.25) is 0 Å². The van der Waals surface area contributed by atoms with Crippen LogP contribution in [0.15, 0.2) is 24.3 Å². The fraction of sp³-hybridized carbons (Fsp3) is 0.333. The first-order valence-electron chi connectivity index (χ1n) is 3.63. The summed E-state index contributed by atoms with van der Waals surface area (Å²) in [5, 5.41) is 0. The maximum atomic E-state index is 5.59. The summed E-state index contributed by atoms with van der Waals surface area (Å²) < 4.78 is 1.30. The van der Waals surface area contributed by atoms with Gasteiger partial charge in [0.15, 0.2) is 0 Å². The van der Waals surface area contributed by atoms with E-state index in [9.17, 15) is 0 Å². The van der Waals surface area contributed by atoms with Crippen molar-refractivity contribution in [2.75, 3.05) is 5.88 Å². The van der Waals surface area contributed by atoms with E-state index in [-0.39, 0.29) is 0 Å². The van der Waals surface area contributed by atoms with Gasteiger partial charge in [-0.05, 0) is 53.1 Å². The number of benzene rings is 1. The summed E-state index contributed by atoms with van der Waals surface area (Å²) in [6.07, 6.45) is 2.17. The molecule has 1 aromatic carbocycles. The second-order valence-electron chi connectivity index (χ2n) is 2.42. The minimum Gasteiger partial charge on any atom is -0.127 e. The summed E-state index contributed by atoms with van der Waals surface area (Å²) >= 11 is 7.91. The Balaban J connectivity index is 2.56. The highest BCUT2D eigenvalue weighted by Gasteiger charge is 1.92. The molecule has 0 unspecified atom stereocenters. The molecule has 11 heavy (non-hydrogen) atoms. The zero-order chi connectivity index (χ0) is 8.10. The Labute approximate surface area is 86.1 Å². The Bertz CT molecular complexity index is 223. The van der Waals surface area contributed by atoms with E-state index >= 15 is 0 Å². The molecule has 0 fully saturated rings. The largest absolute Gasteiger partial charge is 0.127 e. The third-order valence-corrected chi connectivity index (χ3v) is 2.43. The first-order valence-corrected chi connectivity index (χ1v) is 5.24. The van der Waals surface area contributed by atoms with Crippen LogP contribution in [-0.4, -0.2) is 5.88 Å². The highest BCUT2D eigenvalue weighted by atomic mass is 127. The molecular weight excluding hydrogens is 270 g/mol. The van der Waals surface area contributed by atoms with Gasteiger partial charge in [0, 0.05) is 9.45 Å². The van der Waals surface area contributed by atoms with E-state index in [1.807, 2.05) is 0 Å². The summed E-state index contributed by atoms with van der Waals surface area (Å²) in [6, 6.07) is 8.54. The number of alkyl halides is 1. The van der Waals surface area contributed by atoms with Gasteiger partial charge in [0.25, 0.3) is 0 Å². The Hall–Kier alpha value is 0.240. The van der Waals surface area contributed by atoms with Crippen LogP contribution in [0.3, 0.4) is 0 Å². The molecule has 0 aromatic heterocycles. The molecule has 0 heterocycles. The second kappa shape index (κ2) is 4.99. The third-order valence-electron chi connectivity index (χ3n) is 1.49. The van der Waals surface area contributed by atoms with Crippen molar-refractivity contribution in [1.82, 2.24) is 0 Å². The third kappa shape index (κ3) is 3.43. The summed E-state index contributed by atoms with van der Waals surface area (Å²) in [5.41, 5.74) is 1.39. The van der Waals surface area contributed by atoms with Gasteiger partial charge >= 0.3 is 0 Å². The quantitative estimate of drug-likeness (QED) is 0.587. The fourth-order valence-corrected chi connectivity index (χ4v) is 1.70. The predicted octanol–water partition coefficient (Wildman–Crippen LogP) is 3.46. The molecule has 1 aromatic rings. The molecule has 60 valence electrons. The van der Waals surface area contributed by atoms with Gasteiger partial charge in [0.2, 0.25) is 0 Å². The van der Waals surface area contributed by atoms with Gasteiger partial charge < -0.3 is 0 Å². The zero-order valence-corrected chi connectivity index (χ0v) is 9.10. The van der Waals surface area contributed by atoms with Gasteiger partial charge in [-0.1, -0.05) is 12.1 Å². The molecule has 0 N–H and O–H groups in total. The summed E-state index contributed by atoms with van der Waals surface area (Å²) in [6.45, 7) is 0. The topological polar surface area (TPSA) is 0 Å². The number of aryl methyl sites for hydroxylation is 1. The summed E-state index contributed by atoms with van der Waals surface area (Å²) in [7, 11) is 0. The zero-order valence-electron chi connectivity index (χ0n) is 6.19. The molecule has 0 nitrogen and oxygen atoms in total. The number of hydrogen-bond acceptors (Lipinski definition) is 0. The fourth-order valence-electron chi connectivity index (χ4n) is 0.963. The number of hydrogen-bond donors (Lipinski definition) is 0. The van der Waals surface area contributed by atoms with E-state index in [4.69, 9.17) is 11.6 Å². The number of halogens is 2. The second-order valence-corrected chi connectivity index (χ2v) is 4.05. The van der Waals surface area contributed by atoms with Crippen LogP contribution < -0.4 is 0 Å². The van der Waals surface area contributed by atoms with Gasteiger partial charge in [-0.15, -0.1) is 11.6 Å². The standard InChI is InChI=1S/C9H10ClI/c10-6-2-4-8-3-1-5-9(11)7-8/h1,3,5,7H,2,4,6H2. The van der Waals surface area contributed by atoms with Crippen LogP contribution in [0.5, 0.6) is 0 Å². The minimum absolute atomic E-state index is 0.755. The maximum Gasteiger partial charge on any atom is 0.0226 e. The molecule has 0 bridgehead atoms. The predicted molar refractivity (Wildman–Crippen MR) is 58.2 cm³/mol. The van der Waals surface area contributed by atoms with Crippen molar-refractivity contribution in [1.29, 1.82) is 0 Å². The number of rotatable bonds is 3. The van der Waals surface area contributed by atoms with Gasteiger partial charge in [-0.2, -0.15) is 0 Å².